The largest absolute Gasteiger partial charge is 0.447 e. The van der Waals surface area contributed by atoms with E-state index in [1.54, 1.807) is 11.1 Å². The maximum absolute atomic E-state index is 12.0. The van der Waals surface area contributed by atoms with E-state index >= 15 is 0 Å². The molecule has 1 amide bonds. The Morgan fingerprint density at radius 1 is 0.868 bits per heavy atom. The lowest BCUT2D eigenvalue weighted by Gasteiger charge is -2.15. The number of pyridine rings is 2. The molecule has 0 N–H and O–H groups in total. The molecule has 0 radical (unpaired) electrons. The van der Waals surface area contributed by atoms with E-state index < -0.39 is 0 Å². The molecule has 8 heteroatoms. The highest BCUT2D eigenvalue weighted by Gasteiger charge is 2.24. The predicted molar refractivity (Wildman–Crippen MR) is 146 cm³/mol. The van der Waals surface area contributed by atoms with Crippen molar-refractivity contribution in [3.8, 4) is 33.5 Å². The number of rotatable bonds is 4. The number of ether oxygens (including phenoxy) is 1. The van der Waals surface area contributed by atoms with Crippen LogP contribution in [0.2, 0.25) is 0 Å². The lowest BCUT2D eigenvalue weighted by molar-refractivity contribution is 0.181. The molecule has 7 rings (SSSR count). The van der Waals surface area contributed by atoms with Gasteiger partial charge in [0.25, 0.3) is 0 Å². The summed E-state index contributed by atoms with van der Waals surface area (Å²) in [5.74, 6) is 0. The Balaban J connectivity index is 1.44. The van der Waals surface area contributed by atoms with Crippen LogP contribution >= 0.6 is 0 Å². The molecule has 38 heavy (non-hydrogen) atoms. The first-order valence-electron chi connectivity index (χ1n) is 12.4. The predicted octanol–water partition coefficient (Wildman–Crippen LogP) is 5.94. The zero-order valence-electron chi connectivity index (χ0n) is 20.6. The maximum atomic E-state index is 12.0. The lowest BCUT2D eigenvalue weighted by Crippen LogP contribution is -2.23. The molecule has 1 fully saturated rings. The summed E-state index contributed by atoms with van der Waals surface area (Å²) in [4.78, 5) is 27.9. The summed E-state index contributed by atoms with van der Waals surface area (Å²) in [6.07, 6.45) is 5.12. The lowest BCUT2D eigenvalue weighted by atomic mass is 9.98. The van der Waals surface area contributed by atoms with Gasteiger partial charge in [0.2, 0.25) is 0 Å². The van der Waals surface area contributed by atoms with Crippen molar-refractivity contribution in [1.82, 2.24) is 24.6 Å². The maximum Gasteiger partial charge on any atom is 0.414 e. The van der Waals surface area contributed by atoms with Crippen LogP contribution in [0.3, 0.4) is 0 Å². The molecular weight excluding hydrogens is 476 g/mol. The van der Waals surface area contributed by atoms with Crippen LogP contribution in [-0.2, 0) is 4.74 Å². The van der Waals surface area contributed by atoms with Gasteiger partial charge in [-0.2, -0.15) is 9.61 Å². The first-order valence-corrected chi connectivity index (χ1v) is 12.4. The summed E-state index contributed by atoms with van der Waals surface area (Å²) >= 11 is 0. The van der Waals surface area contributed by atoms with E-state index in [0.29, 0.717) is 13.2 Å². The molecule has 0 aliphatic carbocycles. The molecular formula is C30H22N6O2. The number of fused-ring (bicyclic) bond motifs is 3. The Morgan fingerprint density at radius 2 is 1.68 bits per heavy atom. The minimum Gasteiger partial charge on any atom is -0.447 e. The highest BCUT2D eigenvalue weighted by Crippen LogP contribution is 2.35. The smallest absolute Gasteiger partial charge is 0.414 e. The van der Waals surface area contributed by atoms with Gasteiger partial charge >= 0.3 is 6.09 Å². The molecule has 0 saturated carbocycles. The Bertz CT molecular complexity index is 1820. The fourth-order valence-corrected chi connectivity index (χ4v) is 5.03. The Kier molecular flexibility index (Phi) is 5.11. The minimum absolute atomic E-state index is 0.320. The van der Waals surface area contributed by atoms with Gasteiger partial charge in [0.05, 0.1) is 23.5 Å². The minimum atomic E-state index is -0.320. The highest BCUT2D eigenvalue weighted by atomic mass is 16.6. The average Bonchev–Trinajstić information content (AvgIpc) is 3.55. The van der Waals surface area contributed by atoms with Crippen LogP contribution in [-0.4, -0.2) is 43.8 Å². The van der Waals surface area contributed by atoms with Crippen molar-refractivity contribution in [2.75, 3.05) is 18.1 Å². The van der Waals surface area contributed by atoms with Gasteiger partial charge in [-0.3, -0.25) is 9.88 Å². The summed E-state index contributed by atoms with van der Waals surface area (Å²) in [7, 11) is 0. The molecule has 1 aliphatic rings. The van der Waals surface area contributed by atoms with Gasteiger partial charge in [-0.25, -0.2) is 14.8 Å². The summed E-state index contributed by atoms with van der Waals surface area (Å²) in [5.41, 5.74) is 8.81. The number of anilines is 1. The zero-order chi connectivity index (χ0) is 25.6. The van der Waals surface area contributed by atoms with Crippen LogP contribution in [0.15, 0.2) is 91.4 Å². The molecule has 6 aromatic rings. The molecule has 0 atom stereocenters. The van der Waals surface area contributed by atoms with E-state index in [0.717, 1.165) is 61.6 Å². The molecule has 0 spiro atoms. The van der Waals surface area contributed by atoms with Crippen molar-refractivity contribution >= 4 is 28.5 Å². The second kappa shape index (κ2) is 8.77. The Morgan fingerprint density at radius 3 is 2.42 bits per heavy atom. The number of carbonyl (C=O) groups excluding carboxylic acids is 1. The van der Waals surface area contributed by atoms with E-state index in [1.807, 2.05) is 78.4 Å². The molecule has 0 unspecified atom stereocenters. The monoisotopic (exact) mass is 498 g/mol. The fraction of sp³-hybridized carbons (Fsp3) is 0.100. The van der Waals surface area contributed by atoms with E-state index in [4.69, 9.17) is 19.8 Å². The standard InChI is InChI=1S/C30H22N6O2/c1-19-26(22-8-5-13-31-17-22)29-32-18-23-16-25(20-6-3-2-4-7-20)27(33-28(23)36(29)34-19)21-9-11-24(12-10-21)35-14-15-38-30(35)37/h2-13,16-18H,14-15H2,1H3. The fourth-order valence-electron chi connectivity index (χ4n) is 5.03. The SMILES string of the molecule is Cc1nn2c(ncc3cc(-c4ccccc4)c(-c4ccc(N5CCOC5=O)cc4)nc32)c1-c1cccnc1. The average molecular weight is 499 g/mol. The number of aryl methyl sites for hydroxylation is 1. The van der Waals surface area contributed by atoms with Crippen LogP contribution in [0.4, 0.5) is 10.5 Å². The Hall–Kier alpha value is -5.11. The van der Waals surface area contributed by atoms with E-state index in [1.165, 1.54) is 0 Å². The first-order chi connectivity index (χ1) is 18.7. The topological polar surface area (TPSA) is 85.5 Å². The van der Waals surface area contributed by atoms with Crippen molar-refractivity contribution < 1.29 is 9.53 Å². The molecule has 184 valence electrons. The van der Waals surface area contributed by atoms with E-state index in [-0.39, 0.29) is 6.09 Å². The van der Waals surface area contributed by atoms with Gasteiger partial charge in [0, 0.05) is 46.4 Å². The van der Waals surface area contributed by atoms with E-state index in [9.17, 15) is 4.79 Å². The van der Waals surface area contributed by atoms with Gasteiger partial charge < -0.3 is 4.74 Å². The first kappa shape index (κ1) is 22.1. The van der Waals surface area contributed by atoms with Gasteiger partial charge in [0.1, 0.15) is 6.61 Å². The molecule has 4 aromatic heterocycles. The van der Waals surface area contributed by atoms with Gasteiger partial charge in [0.15, 0.2) is 11.3 Å². The van der Waals surface area contributed by atoms with Crippen LogP contribution in [0.25, 0.3) is 50.2 Å². The third-order valence-electron chi connectivity index (χ3n) is 6.84. The van der Waals surface area contributed by atoms with Crippen molar-refractivity contribution in [2.24, 2.45) is 0 Å². The van der Waals surface area contributed by atoms with Gasteiger partial charge in [-0.05, 0) is 36.8 Å². The molecule has 2 aromatic carbocycles. The quantitative estimate of drug-likeness (QED) is 0.299. The van der Waals surface area contributed by atoms with Gasteiger partial charge in [-0.15, -0.1) is 0 Å². The number of hydrogen-bond donors (Lipinski definition) is 0. The second-order valence-electron chi connectivity index (χ2n) is 9.17. The van der Waals surface area contributed by atoms with Crippen molar-refractivity contribution in [3.63, 3.8) is 0 Å². The Labute approximate surface area is 218 Å². The summed E-state index contributed by atoms with van der Waals surface area (Å²) < 4.78 is 6.92. The van der Waals surface area contributed by atoms with Crippen molar-refractivity contribution in [3.05, 3.63) is 97.1 Å². The normalized spacial score (nSPS) is 13.4. The summed E-state index contributed by atoms with van der Waals surface area (Å²) in [6, 6.07) is 24.1. The van der Waals surface area contributed by atoms with Crippen LogP contribution in [0.1, 0.15) is 5.69 Å². The number of carbonyl (C=O) groups is 1. The van der Waals surface area contributed by atoms with Crippen molar-refractivity contribution in [1.29, 1.82) is 0 Å². The third kappa shape index (κ3) is 3.57. The van der Waals surface area contributed by atoms with Gasteiger partial charge in [-0.1, -0.05) is 48.5 Å². The van der Waals surface area contributed by atoms with Crippen molar-refractivity contribution in [2.45, 2.75) is 6.92 Å². The number of hydrogen-bond acceptors (Lipinski definition) is 6. The third-order valence-corrected chi connectivity index (χ3v) is 6.84. The number of amides is 1. The zero-order valence-corrected chi connectivity index (χ0v) is 20.6. The summed E-state index contributed by atoms with van der Waals surface area (Å²) in [5, 5.41) is 5.72. The summed E-state index contributed by atoms with van der Waals surface area (Å²) in [6.45, 7) is 2.92. The molecule has 1 saturated heterocycles. The molecule has 1 aliphatic heterocycles. The molecule has 5 heterocycles. The number of cyclic esters (lactones) is 1. The molecule has 8 nitrogen and oxygen atoms in total. The number of benzene rings is 2. The van der Waals surface area contributed by atoms with Crippen LogP contribution < -0.4 is 4.90 Å². The number of nitrogens with zero attached hydrogens (tertiary/aromatic N) is 6. The van der Waals surface area contributed by atoms with E-state index in [2.05, 4.69) is 23.2 Å². The van der Waals surface area contributed by atoms with Crippen LogP contribution in [0.5, 0.6) is 0 Å². The second-order valence-corrected chi connectivity index (χ2v) is 9.17. The van der Waals surface area contributed by atoms with Crippen LogP contribution in [0, 0.1) is 6.92 Å². The molecule has 0 bridgehead atoms. The number of aromatic nitrogens is 5. The highest BCUT2D eigenvalue weighted by molar-refractivity contribution is 5.93.